The smallest absolute Gasteiger partial charge is 0.269 e. The van der Waals surface area contributed by atoms with E-state index in [9.17, 15) is 4.79 Å². The number of carbonyl (C=O) groups is 1. The number of nitrogens with zero attached hydrogens (tertiary/aromatic N) is 4. The monoisotopic (exact) mass is 352 g/mol. The summed E-state index contributed by atoms with van der Waals surface area (Å²) in [5, 5.41) is 18.4. The third-order valence-electron chi connectivity index (χ3n) is 3.76. The van der Waals surface area contributed by atoms with Gasteiger partial charge in [-0.05, 0) is 24.3 Å². The fraction of sp³-hybridized carbons (Fsp3) is 0.0588. The molecule has 0 atom stereocenters. The van der Waals surface area contributed by atoms with Gasteiger partial charge in [0, 0.05) is 11.8 Å². The quantitative estimate of drug-likeness (QED) is 0.591. The molecule has 124 valence electrons. The molecule has 8 heteroatoms. The van der Waals surface area contributed by atoms with Crippen LogP contribution in [-0.4, -0.2) is 30.7 Å². The number of pyridine rings is 1. The maximum atomic E-state index is 12.3. The molecule has 1 amide bonds. The average Bonchev–Trinajstić information content (AvgIpc) is 3.27. The number of amides is 1. The summed E-state index contributed by atoms with van der Waals surface area (Å²) in [6.45, 7) is 0.254. The summed E-state index contributed by atoms with van der Waals surface area (Å²) >= 11 is 6.16. The highest BCUT2D eigenvalue weighted by Crippen LogP contribution is 2.26. The van der Waals surface area contributed by atoms with Crippen molar-refractivity contribution in [3.8, 4) is 11.3 Å². The van der Waals surface area contributed by atoms with Crippen LogP contribution in [0.15, 0.2) is 54.7 Å². The van der Waals surface area contributed by atoms with E-state index in [0.717, 1.165) is 11.2 Å². The summed E-state index contributed by atoms with van der Waals surface area (Å²) in [5.41, 5.74) is 2.46. The van der Waals surface area contributed by atoms with Crippen LogP contribution in [0, 0.1) is 0 Å². The van der Waals surface area contributed by atoms with Crippen molar-refractivity contribution in [2.45, 2.75) is 6.54 Å². The predicted octanol–water partition coefficient (Wildman–Crippen LogP) is 2.70. The molecule has 25 heavy (non-hydrogen) atoms. The minimum atomic E-state index is -0.279. The lowest BCUT2D eigenvalue weighted by atomic mass is 10.1. The number of H-pyrrole nitrogens is 1. The fourth-order valence-corrected chi connectivity index (χ4v) is 2.74. The van der Waals surface area contributed by atoms with E-state index in [-0.39, 0.29) is 12.5 Å². The van der Waals surface area contributed by atoms with Crippen LogP contribution in [-0.2, 0) is 6.54 Å². The van der Waals surface area contributed by atoms with Gasteiger partial charge in [0.25, 0.3) is 5.91 Å². The molecule has 0 fully saturated rings. The molecule has 0 saturated heterocycles. The van der Waals surface area contributed by atoms with E-state index in [1.54, 1.807) is 12.1 Å². The van der Waals surface area contributed by atoms with E-state index in [1.807, 2.05) is 47.0 Å². The van der Waals surface area contributed by atoms with Crippen molar-refractivity contribution in [1.82, 2.24) is 30.1 Å². The molecule has 0 aliphatic heterocycles. The second-order valence-corrected chi connectivity index (χ2v) is 5.78. The maximum absolute atomic E-state index is 12.3. The standard InChI is InChI=1S/C17H13ClN6O/c18-12-6-2-1-5-11(12)13-9-14(21-20-13)17(25)19-10-16-23-22-15-7-3-4-8-24(15)16/h1-9H,10H2,(H,19,25)(H,20,21). The summed E-state index contributed by atoms with van der Waals surface area (Å²) < 4.78 is 1.82. The molecule has 1 aromatic carbocycles. The van der Waals surface area contributed by atoms with E-state index in [1.165, 1.54) is 0 Å². The lowest BCUT2D eigenvalue weighted by Crippen LogP contribution is -2.24. The number of benzene rings is 1. The molecule has 3 heterocycles. The van der Waals surface area contributed by atoms with Crippen molar-refractivity contribution < 1.29 is 4.79 Å². The zero-order valence-corrected chi connectivity index (χ0v) is 13.7. The van der Waals surface area contributed by atoms with E-state index in [4.69, 9.17) is 11.6 Å². The van der Waals surface area contributed by atoms with Crippen molar-refractivity contribution in [3.05, 3.63) is 71.3 Å². The van der Waals surface area contributed by atoms with Crippen molar-refractivity contribution >= 4 is 23.2 Å². The predicted molar refractivity (Wildman–Crippen MR) is 93.2 cm³/mol. The Balaban J connectivity index is 1.50. The topological polar surface area (TPSA) is 88.0 Å². The first-order valence-electron chi connectivity index (χ1n) is 7.59. The number of carbonyl (C=O) groups excluding carboxylic acids is 1. The van der Waals surface area contributed by atoms with Gasteiger partial charge >= 0.3 is 0 Å². The largest absolute Gasteiger partial charge is 0.343 e. The van der Waals surface area contributed by atoms with E-state index in [0.29, 0.717) is 22.2 Å². The number of halogens is 1. The van der Waals surface area contributed by atoms with Crippen LogP contribution in [0.1, 0.15) is 16.3 Å². The molecule has 0 radical (unpaired) electrons. The Labute approximate surface area is 147 Å². The van der Waals surface area contributed by atoms with Gasteiger partial charge in [0.2, 0.25) is 0 Å². The van der Waals surface area contributed by atoms with Gasteiger partial charge in [-0.1, -0.05) is 35.9 Å². The molecule has 2 N–H and O–H groups in total. The number of nitrogens with one attached hydrogen (secondary N) is 2. The normalized spacial score (nSPS) is 10.9. The highest BCUT2D eigenvalue weighted by atomic mass is 35.5. The summed E-state index contributed by atoms with van der Waals surface area (Å²) in [4.78, 5) is 12.3. The Morgan fingerprint density at radius 2 is 2.00 bits per heavy atom. The van der Waals surface area contributed by atoms with Crippen molar-refractivity contribution in [2.24, 2.45) is 0 Å². The van der Waals surface area contributed by atoms with Crippen molar-refractivity contribution in [2.75, 3.05) is 0 Å². The van der Waals surface area contributed by atoms with Crippen LogP contribution >= 0.6 is 11.6 Å². The van der Waals surface area contributed by atoms with E-state index < -0.39 is 0 Å². The molecule has 3 aromatic heterocycles. The van der Waals surface area contributed by atoms with Gasteiger partial charge in [-0.15, -0.1) is 10.2 Å². The summed E-state index contributed by atoms with van der Waals surface area (Å²) in [7, 11) is 0. The summed E-state index contributed by atoms with van der Waals surface area (Å²) in [6.07, 6.45) is 1.85. The Bertz CT molecular complexity index is 1050. The molecular weight excluding hydrogens is 340 g/mol. The van der Waals surface area contributed by atoms with Gasteiger partial charge in [0.15, 0.2) is 11.5 Å². The van der Waals surface area contributed by atoms with Crippen molar-refractivity contribution in [1.29, 1.82) is 0 Å². The molecule has 0 aliphatic rings. The van der Waals surface area contributed by atoms with Gasteiger partial charge in [-0.25, -0.2) is 0 Å². The minimum absolute atomic E-state index is 0.254. The first-order chi connectivity index (χ1) is 12.2. The zero-order valence-electron chi connectivity index (χ0n) is 13.0. The maximum Gasteiger partial charge on any atom is 0.269 e. The number of fused-ring (bicyclic) bond motifs is 1. The van der Waals surface area contributed by atoms with Gasteiger partial charge in [0.05, 0.1) is 17.3 Å². The molecular formula is C17H13ClN6O. The van der Waals surface area contributed by atoms with Crippen LogP contribution in [0.25, 0.3) is 16.9 Å². The Morgan fingerprint density at radius 1 is 1.16 bits per heavy atom. The molecule has 0 unspecified atom stereocenters. The van der Waals surface area contributed by atoms with Crippen LogP contribution in [0.4, 0.5) is 0 Å². The second kappa shape index (κ2) is 6.37. The molecule has 4 aromatic rings. The molecule has 0 saturated carbocycles. The average molecular weight is 353 g/mol. The number of rotatable bonds is 4. The highest BCUT2D eigenvalue weighted by Gasteiger charge is 2.13. The number of hydrogen-bond donors (Lipinski definition) is 2. The second-order valence-electron chi connectivity index (χ2n) is 5.37. The Morgan fingerprint density at radius 3 is 2.88 bits per heavy atom. The van der Waals surface area contributed by atoms with Crippen LogP contribution in [0.2, 0.25) is 5.02 Å². The zero-order chi connectivity index (χ0) is 17.2. The summed E-state index contributed by atoms with van der Waals surface area (Å²) in [5.74, 6) is 0.369. The van der Waals surface area contributed by atoms with Gasteiger partial charge in [-0.2, -0.15) is 5.10 Å². The van der Waals surface area contributed by atoms with E-state index in [2.05, 4.69) is 25.7 Å². The Kier molecular flexibility index (Phi) is 3.91. The number of aromatic amines is 1. The molecule has 0 spiro atoms. The lowest BCUT2D eigenvalue weighted by Gasteiger charge is -2.02. The van der Waals surface area contributed by atoms with Gasteiger partial charge < -0.3 is 5.32 Å². The van der Waals surface area contributed by atoms with Crippen molar-refractivity contribution in [3.63, 3.8) is 0 Å². The Hall–Kier alpha value is -3.19. The van der Waals surface area contributed by atoms with Crippen LogP contribution in [0.5, 0.6) is 0 Å². The molecule has 0 aliphatic carbocycles. The van der Waals surface area contributed by atoms with Crippen LogP contribution < -0.4 is 5.32 Å². The third kappa shape index (κ3) is 2.97. The van der Waals surface area contributed by atoms with Crippen LogP contribution in [0.3, 0.4) is 0 Å². The SMILES string of the molecule is O=C(NCc1nnc2ccccn12)c1cc(-c2ccccc2Cl)n[nH]1. The van der Waals surface area contributed by atoms with Gasteiger partial charge in [0.1, 0.15) is 5.69 Å². The first kappa shape index (κ1) is 15.3. The lowest BCUT2D eigenvalue weighted by molar-refractivity contribution is 0.0944. The third-order valence-corrected chi connectivity index (χ3v) is 4.09. The minimum Gasteiger partial charge on any atom is -0.343 e. The highest BCUT2D eigenvalue weighted by molar-refractivity contribution is 6.33. The molecule has 7 nitrogen and oxygen atoms in total. The van der Waals surface area contributed by atoms with Gasteiger partial charge in [-0.3, -0.25) is 14.3 Å². The summed E-state index contributed by atoms with van der Waals surface area (Å²) in [6, 6.07) is 14.6. The van der Waals surface area contributed by atoms with E-state index >= 15 is 0 Å². The molecule has 0 bridgehead atoms. The first-order valence-corrected chi connectivity index (χ1v) is 7.97. The molecule has 4 rings (SSSR count). The number of aromatic nitrogens is 5. The number of hydrogen-bond acceptors (Lipinski definition) is 4. The fourth-order valence-electron chi connectivity index (χ4n) is 2.51.